The molecule has 0 radical (unpaired) electrons. The van der Waals surface area contributed by atoms with Crippen molar-refractivity contribution in [3.05, 3.63) is 16.1 Å². The van der Waals surface area contributed by atoms with Gasteiger partial charge in [-0.25, -0.2) is 4.98 Å². The van der Waals surface area contributed by atoms with Crippen LogP contribution in [0.25, 0.3) is 0 Å². The van der Waals surface area contributed by atoms with Gasteiger partial charge in [0.1, 0.15) is 0 Å². The zero-order valence-electron chi connectivity index (χ0n) is 11.4. The van der Waals surface area contributed by atoms with Crippen LogP contribution in [0.3, 0.4) is 0 Å². The molecule has 2 N–H and O–H groups in total. The van der Waals surface area contributed by atoms with E-state index in [0.717, 1.165) is 36.5 Å². The molecule has 4 nitrogen and oxygen atoms in total. The molecule has 0 aliphatic carbocycles. The van der Waals surface area contributed by atoms with E-state index in [-0.39, 0.29) is 24.4 Å². The minimum atomic E-state index is -0.0296. The van der Waals surface area contributed by atoms with E-state index in [4.69, 9.17) is 0 Å². The van der Waals surface area contributed by atoms with E-state index >= 15 is 0 Å². The molecule has 6 heteroatoms. The molecule has 1 amide bonds. The first-order chi connectivity index (χ1) is 8.69. The Morgan fingerprint density at radius 3 is 3.05 bits per heavy atom. The lowest BCUT2D eigenvalue weighted by Crippen LogP contribution is -2.48. The molecule has 0 spiro atoms. The van der Waals surface area contributed by atoms with Crippen molar-refractivity contribution in [2.45, 2.75) is 45.7 Å². The Hall–Kier alpha value is -0.650. The predicted molar refractivity (Wildman–Crippen MR) is 80.8 cm³/mol. The monoisotopic (exact) mass is 303 g/mol. The average Bonchev–Trinajstić information content (AvgIpc) is 2.84. The van der Waals surface area contributed by atoms with Gasteiger partial charge in [-0.15, -0.1) is 23.7 Å². The number of thiazole rings is 1. The third-order valence-electron chi connectivity index (χ3n) is 3.33. The number of aromatic nitrogens is 1. The van der Waals surface area contributed by atoms with Crippen molar-refractivity contribution < 1.29 is 4.79 Å². The largest absolute Gasteiger partial charge is 0.349 e. The molecule has 0 bridgehead atoms. The number of nitrogens with one attached hydrogen (secondary N) is 2. The van der Waals surface area contributed by atoms with Gasteiger partial charge in [0.05, 0.1) is 23.3 Å². The number of rotatable bonds is 4. The van der Waals surface area contributed by atoms with E-state index in [9.17, 15) is 4.79 Å². The summed E-state index contributed by atoms with van der Waals surface area (Å²) in [6.45, 7) is 5.78. The Balaban J connectivity index is 0.00000180. The fourth-order valence-corrected chi connectivity index (χ4v) is 2.95. The summed E-state index contributed by atoms with van der Waals surface area (Å²) in [6.07, 6.45) is 3.05. The summed E-state index contributed by atoms with van der Waals surface area (Å²) in [7, 11) is 0. The second-order valence-corrected chi connectivity index (χ2v) is 5.88. The van der Waals surface area contributed by atoms with Crippen LogP contribution in [-0.2, 0) is 17.8 Å². The molecular formula is C13H22ClN3OS. The van der Waals surface area contributed by atoms with Gasteiger partial charge < -0.3 is 10.6 Å². The highest BCUT2D eigenvalue weighted by Crippen LogP contribution is 2.15. The van der Waals surface area contributed by atoms with Gasteiger partial charge in [0.25, 0.3) is 0 Å². The molecule has 108 valence electrons. The van der Waals surface area contributed by atoms with Crippen LogP contribution >= 0.6 is 23.7 Å². The molecule has 2 atom stereocenters. The number of carbonyl (C=O) groups excluding carboxylic acids is 1. The topological polar surface area (TPSA) is 54.0 Å². The van der Waals surface area contributed by atoms with Crippen LogP contribution in [0, 0.1) is 5.92 Å². The number of hydrogen-bond acceptors (Lipinski definition) is 4. The summed E-state index contributed by atoms with van der Waals surface area (Å²) in [4.78, 5) is 16.4. The van der Waals surface area contributed by atoms with Gasteiger partial charge in [-0.2, -0.15) is 0 Å². The smallest absolute Gasteiger partial charge is 0.237 e. The summed E-state index contributed by atoms with van der Waals surface area (Å²) in [5.41, 5.74) is 0.967. The molecule has 0 saturated carbocycles. The summed E-state index contributed by atoms with van der Waals surface area (Å²) in [5, 5.41) is 9.39. The number of halogens is 1. The van der Waals surface area contributed by atoms with Crippen molar-refractivity contribution in [1.29, 1.82) is 0 Å². The van der Waals surface area contributed by atoms with Crippen molar-refractivity contribution in [2.75, 3.05) is 6.54 Å². The van der Waals surface area contributed by atoms with Crippen LogP contribution in [0.1, 0.15) is 37.4 Å². The second-order valence-electron chi connectivity index (χ2n) is 4.94. The number of piperidine rings is 1. The molecule has 1 aliphatic rings. The molecule has 1 fully saturated rings. The van der Waals surface area contributed by atoms with Gasteiger partial charge in [-0.05, 0) is 31.7 Å². The highest BCUT2D eigenvalue weighted by molar-refractivity contribution is 7.09. The lowest BCUT2D eigenvalue weighted by molar-refractivity contribution is -0.124. The first kappa shape index (κ1) is 16.4. The van der Waals surface area contributed by atoms with Gasteiger partial charge in [-0.1, -0.05) is 13.8 Å². The maximum absolute atomic E-state index is 12.0. The average molecular weight is 304 g/mol. The van der Waals surface area contributed by atoms with Gasteiger partial charge in [0.15, 0.2) is 0 Å². The Labute approximate surface area is 124 Å². The van der Waals surface area contributed by atoms with Crippen molar-refractivity contribution in [2.24, 2.45) is 5.92 Å². The first-order valence-electron chi connectivity index (χ1n) is 6.63. The van der Waals surface area contributed by atoms with Crippen LogP contribution in [0.15, 0.2) is 5.38 Å². The molecule has 0 aromatic carbocycles. The second kappa shape index (κ2) is 7.82. The number of hydrogen-bond donors (Lipinski definition) is 2. The number of aryl methyl sites for hydroxylation is 1. The van der Waals surface area contributed by atoms with Crippen LogP contribution in [0.2, 0.25) is 0 Å². The van der Waals surface area contributed by atoms with Crippen LogP contribution in [-0.4, -0.2) is 23.5 Å². The van der Waals surface area contributed by atoms with Gasteiger partial charge in [0, 0.05) is 5.38 Å². The molecular weight excluding hydrogens is 282 g/mol. The first-order valence-corrected chi connectivity index (χ1v) is 7.51. The SMILES string of the molecule is CCc1nc(CNC(=O)C2CC(C)CCN2)cs1.Cl. The Bertz CT molecular complexity index is 410. The van der Waals surface area contributed by atoms with Crippen LogP contribution < -0.4 is 10.6 Å². The Morgan fingerprint density at radius 1 is 1.63 bits per heavy atom. The Kier molecular flexibility index (Phi) is 6.75. The molecule has 2 unspecified atom stereocenters. The van der Waals surface area contributed by atoms with E-state index in [1.807, 2.05) is 5.38 Å². The molecule has 2 heterocycles. The van der Waals surface area contributed by atoms with Crippen molar-refractivity contribution in [1.82, 2.24) is 15.6 Å². The zero-order valence-corrected chi connectivity index (χ0v) is 13.1. The van der Waals surface area contributed by atoms with E-state index in [0.29, 0.717) is 12.5 Å². The Morgan fingerprint density at radius 2 is 2.42 bits per heavy atom. The fraction of sp³-hybridized carbons (Fsp3) is 0.692. The maximum Gasteiger partial charge on any atom is 0.237 e. The van der Waals surface area contributed by atoms with E-state index in [1.165, 1.54) is 0 Å². The van der Waals surface area contributed by atoms with Crippen LogP contribution in [0.5, 0.6) is 0 Å². The lowest BCUT2D eigenvalue weighted by Gasteiger charge is -2.27. The molecule has 1 saturated heterocycles. The maximum atomic E-state index is 12.0. The van der Waals surface area contributed by atoms with Crippen molar-refractivity contribution in [3.8, 4) is 0 Å². The van der Waals surface area contributed by atoms with E-state index in [2.05, 4.69) is 29.5 Å². The summed E-state index contributed by atoms with van der Waals surface area (Å²) >= 11 is 1.66. The lowest BCUT2D eigenvalue weighted by atomic mass is 9.94. The summed E-state index contributed by atoms with van der Waals surface area (Å²) < 4.78 is 0. The third-order valence-corrected chi connectivity index (χ3v) is 4.37. The molecule has 1 aromatic rings. The fourth-order valence-electron chi connectivity index (χ4n) is 2.20. The van der Waals surface area contributed by atoms with Gasteiger partial charge in [0.2, 0.25) is 5.91 Å². The standard InChI is InChI=1S/C13H21N3OS.ClH/c1-3-12-16-10(8-18-12)7-15-13(17)11-6-9(2)4-5-14-11;/h8-9,11,14H,3-7H2,1-2H3,(H,15,17);1H. The zero-order chi connectivity index (χ0) is 13.0. The number of carbonyl (C=O) groups is 1. The van der Waals surface area contributed by atoms with Gasteiger partial charge >= 0.3 is 0 Å². The minimum Gasteiger partial charge on any atom is -0.349 e. The molecule has 2 rings (SSSR count). The number of amides is 1. The third kappa shape index (κ3) is 4.75. The van der Waals surface area contributed by atoms with Gasteiger partial charge in [-0.3, -0.25) is 4.79 Å². The van der Waals surface area contributed by atoms with Crippen molar-refractivity contribution >= 4 is 29.7 Å². The summed E-state index contributed by atoms with van der Waals surface area (Å²) in [6, 6.07) is -0.0296. The highest BCUT2D eigenvalue weighted by atomic mass is 35.5. The quantitative estimate of drug-likeness (QED) is 0.896. The summed E-state index contributed by atoms with van der Waals surface area (Å²) in [5.74, 6) is 0.737. The van der Waals surface area contributed by atoms with Crippen molar-refractivity contribution in [3.63, 3.8) is 0 Å². The van der Waals surface area contributed by atoms with E-state index < -0.39 is 0 Å². The molecule has 19 heavy (non-hydrogen) atoms. The molecule has 1 aromatic heterocycles. The highest BCUT2D eigenvalue weighted by Gasteiger charge is 2.24. The molecule has 1 aliphatic heterocycles. The van der Waals surface area contributed by atoms with E-state index in [1.54, 1.807) is 11.3 Å². The van der Waals surface area contributed by atoms with Crippen LogP contribution in [0.4, 0.5) is 0 Å². The predicted octanol–water partition coefficient (Wildman–Crippen LogP) is 2.13. The minimum absolute atomic E-state index is 0. The number of nitrogens with zero attached hydrogens (tertiary/aromatic N) is 1. The normalized spacial score (nSPS) is 22.6.